The third-order valence-corrected chi connectivity index (χ3v) is 5.39. The molecule has 1 aliphatic heterocycles. The summed E-state index contributed by atoms with van der Waals surface area (Å²) in [4.78, 5) is 27.4. The first kappa shape index (κ1) is 22.8. The van der Waals surface area contributed by atoms with Crippen LogP contribution in [0.15, 0.2) is 54.6 Å². The first-order valence-corrected chi connectivity index (χ1v) is 10.8. The smallest absolute Gasteiger partial charge is 0.256 e. The lowest BCUT2D eigenvalue weighted by atomic mass is 10.1. The molecule has 2 amide bonds. The van der Waals surface area contributed by atoms with Crippen molar-refractivity contribution >= 4 is 17.5 Å². The molecule has 1 heterocycles. The van der Waals surface area contributed by atoms with Gasteiger partial charge in [0, 0.05) is 45.0 Å². The number of benzene rings is 2. The van der Waals surface area contributed by atoms with Gasteiger partial charge in [-0.05, 0) is 23.3 Å². The average molecular weight is 424 g/mol. The number of anilines is 1. The number of carbonyl (C=O) groups excluding carboxylic acids is 2. The van der Waals surface area contributed by atoms with Crippen molar-refractivity contribution in [3.8, 4) is 0 Å². The highest BCUT2D eigenvalue weighted by Crippen LogP contribution is 2.23. The molecule has 0 bridgehead atoms. The van der Waals surface area contributed by atoms with Crippen LogP contribution < -0.4 is 15.5 Å². The van der Waals surface area contributed by atoms with Gasteiger partial charge in [-0.3, -0.25) is 14.6 Å². The van der Waals surface area contributed by atoms with Gasteiger partial charge in [-0.15, -0.1) is 0 Å². The average Bonchev–Trinajstić information content (AvgIpc) is 3.20. The van der Waals surface area contributed by atoms with Crippen LogP contribution in [0, 0.1) is 0 Å². The van der Waals surface area contributed by atoms with Crippen molar-refractivity contribution < 1.29 is 9.59 Å². The van der Waals surface area contributed by atoms with Crippen LogP contribution in [0.5, 0.6) is 0 Å². The molecular formula is C24H33N5O2. The number of hydrogen-bond donors (Lipinski definition) is 2. The number of carbonyl (C=O) groups is 2. The van der Waals surface area contributed by atoms with Gasteiger partial charge in [-0.25, -0.2) is 5.01 Å². The topological polar surface area (TPSA) is 67.9 Å². The molecule has 7 heteroatoms. The van der Waals surface area contributed by atoms with Crippen molar-refractivity contribution in [1.29, 1.82) is 0 Å². The first-order valence-electron chi connectivity index (χ1n) is 10.8. The predicted octanol–water partition coefficient (Wildman–Crippen LogP) is 2.00. The van der Waals surface area contributed by atoms with Gasteiger partial charge in [0.05, 0.1) is 13.1 Å². The summed E-state index contributed by atoms with van der Waals surface area (Å²) in [6.07, 6.45) is 0. The van der Waals surface area contributed by atoms with Crippen molar-refractivity contribution in [2.45, 2.75) is 33.0 Å². The normalized spacial score (nSPS) is 13.2. The number of hydrazine groups is 1. The number of hydrogen-bond acceptors (Lipinski definition) is 5. The second-order valence-corrected chi connectivity index (χ2v) is 8.16. The largest absolute Gasteiger partial charge is 0.353 e. The molecule has 0 fully saturated rings. The highest BCUT2D eigenvalue weighted by molar-refractivity contribution is 5.86. The first-order chi connectivity index (χ1) is 14.9. The van der Waals surface area contributed by atoms with Crippen LogP contribution in [0.4, 0.5) is 5.69 Å². The highest BCUT2D eigenvalue weighted by atomic mass is 16.2. The Morgan fingerprint density at radius 2 is 1.55 bits per heavy atom. The summed E-state index contributed by atoms with van der Waals surface area (Å²) in [6, 6.07) is 18.2. The van der Waals surface area contributed by atoms with Crippen LogP contribution in [0.25, 0.3) is 0 Å². The molecule has 166 valence electrons. The van der Waals surface area contributed by atoms with Crippen molar-refractivity contribution in [3.05, 3.63) is 65.7 Å². The fourth-order valence-electron chi connectivity index (χ4n) is 3.62. The van der Waals surface area contributed by atoms with E-state index in [4.69, 9.17) is 0 Å². The molecular weight excluding hydrogens is 390 g/mol. The number of para-hydroxylation sites is 1. The van der Waals surface area contributed by atoms with E-state index in [1.165, 1.54) is 11.1 Å². The molecule has 2 aromatic carbocycles. The molecule has 0 saturated carbocycles. The number of rotatable bonds is 10. The number of amides is 2. The Morgan fingerprint density at radius 3 is 2.16 bits per heavy atom. The van der Waals surface area contributed by atoms with E-state index in [1.807, 2.05) is 52.4 Å². The number of nitrogens with one attached hydrogen (secondary N) is 2. The Balaban J connectivity index is 1.59. The minimum atomic E-state index is -0.0987. The van der Waals surface area contributed by atoms with E-state index in [2.05, 4.69) is 36.6 Å². The maximum atomic E-state index is 13.1. The summed E-state index contributed by atoms with van der Waals surface area (Å²) in [5.74, 6) is -0.149. The standard InChI is InChI=1S/C24H33N5O2/c1-19(2)25-13-14-26-23(30)17-28(22-11-5-4-6-12-22)18-24(31)27(3)29-15-20-9-7-8-10-21(20)16-29/h4-12,19,25H,13-18H2,1-3H3,(H,26,30). The van der Waals surface area contributed by atoms with Gasteiger partial charge >= 0.3 is 0 Å². The van der Waals surface area contributed by atoms with Crippen molar-refractivity contribution in [1.82, 2.24) is 20.7 Å². The van der Waals surface area contributed by atoms with Crippen molar-refractivity contribution in [3.63, 3.8) is 0 Å². The zero-order valence-electron chi connectivity index (χ0n) is 18.7. The van der Waals surface area contributed by atoms with E-state index in [-0.39, 0.29) is 24.9 Å². The molecule has 7 nitrogen and oxygen atoms in total. The van der Waals surface area contributed by atoms with Gasteiger partial charge in [0.1, 0.15) is 0 Å². The van der Waals surface area contributed by atoms with Gasteiger partial charge in [0.2, 0.25) is 5.91 Å². The monoisotopic (exact) mass is 423 g/mol. The van der Waals surface area contributed by atoms with E-state index in [1.54, 1.807) is 12.1 Å². The summed E-state index contributed by atoms with van der Waals surface area (Å²) in [5, 5.41) is 9.92. The Labute approximate surface area is 185 Å². The number of fused-ring (bicyclic) bond motifs is 1. The molecule has 0 aliphatic carbocycles. The van der Waals surface area contributed by atoms with E-state index >= 15 is 0 Å². The maximum absolute atomic E-state index is 13.1. The molecule has 0 spiro atoms. The molecule has 0 unspecified atom stereocenters. The van der Waals surface area contributed by atoms with Gasteiger partial charge < -0.3 is 15.5 Å². The summed E-state index contributed by atoms with van der Waals surface area (Å²) in [7, 11) is 1.80. The maximum Gasteiger partial charge on any atom is 0.256 e. The Kier molecular flexibility index (Phi) is 8.03. The van der Waals surface area contributed by atoms with E-state index in [0.717, 1.165) is 5.69 Å². The van der Waals surface area contributed by atoms with Crippen molar-refractivity contribution in [2.75, 3.05) is 38.1 Å². The van der Waals surface area contributed by atoms with Crippen molar-refractivity contribution in [2.24, 2.45) is 0 Å². The second-order valence-electron chi connectivity index (χ2n) is 8.16. The minimum Gasteiger partial charge on any atom is -0.353 e. The molecule has 3 rings (SSSR count). The zero-order valence-corrected chi connectivity index (χ0v) is 18.7. The predicted molar refractivity (Wildman–Crippen MR) is 123 cm³/mol. The summed E-state index contributed by atoms with van der Waals surface area (Å²) >= 11 is 0. The second kappa shape index (κ2) is 10.9. The summed E-state index contributed by atoms with van der Waals surface area (Å²) in [5.41, 5.74) is 3.34. The van der Waals surface area contributed by atoms with Gasteiger partial charge in [0.15, 0.2) is 0 Å². The molecule has 0 aromatic heterocycles. The Hall–Kier alpha value is -2.90. The van der Waals surface area contributed by atoms with Crippen LogP contribution in [-0.2, 0) is 22.7 Å². The quantitative estimate of drug-likeness (QED) is 0.572. The highest BCUT2D eigenvalue weighted by Gasteiger charge is 2.26. The molecule has 2 aromatic rings. The summed E-state index contributed by atoms with van der Waals surface area (Å²) in [6.45, 7) is 7.10. The third kappa shape index (κ3) is 6.54. The number of likely N-dealkylation sites (N-methyl/N-ethyl adjacent to an activating group) is 1. The van der Waals surface area contributed by atoms with Gasteiger partial charge in [-0.1, -0.05) is 56.3 Å². The van der Waals surface area contributed by atoms with Crippen LogP contribution in [0.2, 0.25) is 0 Å². The van der Waals surface area contributed by atoms with E-state index < -0.39 is 0 Å². The minimum absolute atomic E-state index is 0.0501. The summed E-state index contributed by atoms with van der Waals surface area (Å²) < 4.78 is 0. The lowest BCUT2D eigenvalue weighted by Gasteiger charge is -2.31. The Bertz CT molecular complexity index is 846. The van der Waals surface area contributed by atoms with E-state index in [9.17, 15) is 9.59 Å². The number of nitrogens with zero attached hydrogens (tertiary/aromatic N) is 3. The molecule has 0 radical (unpaired) electrons. The molecule has 2 N–H and O–H groups in total. The van der Waals surface area contributed by atoms with Crippen LogP contribution in [-0.4, -0.2) is 61.1 Å². The zero-order chi connectivity index (χ0) is 22.2. The van der Waals surface area contributed by atoms with Gasteiger partial charge in [-0.2, -0.15) is 0 Å². The molecule has 1 aliphatic rings. The molecule has 0 atom stereocenters. The fourth-order valence-corrected chi connectivity index (χ4v) is 3.62. The lowest BCUT2D eigenvalue weighted by Crippen LogP contribution is -2.48. The van der Waals surface area contributed by atoms with Gasteiger partial charge in [0.25, 0.3) is 5.91 Å². The molecule has 31 heavy (non-hydrogen) atoms. The van der Waals surface area contributed by atoms with Crippen LogP contribution in [0.3, 0.4) is 0 Å². The third-order valence-electron chi connectivity index (χ3n) is 5.39. The van der Waals surface area contributed by atoms with Crippen LogP contribution in [0.1, 0.15) is 25.0 Å². The Morgan fingerprint density at radius 1 is 0.935 bits per heavy atom. The lowest BCUT2D eigenvalue weighted by molar-refractivity contribution is -0.145. The molecule has 0 saturated heterocycles. The SMILES string of the molecule is CC(C)NCCNC(=O)CN(CC(=O)N(C)N1Cc2ccccc2C1)c1ccccc1. The van der Waals surface area contributed by atoms with E-state index in [0.29, 0.717) is 32.2 Å². The fraction of sp³-hybridized carbons (Fsp3) is 0.417. The van der Waals surface area contributed by atoms with Crippen LogP contribution >= 0.6 is 0 Å².